The first-order chi connectivity index (χ1) is 6.43. The second-order valence-corrected chi connectivity index (χ2v) is 3.98. The minimum Gasteiger partial charge on any atom is -0.325 e. The Hall–Kier alpha value is -1.02. The minimum absolute atomic E-state index is 1.04. The summed E-state index contributed by atoms with van der Waals surface area (Å²) in [6.45, 7) is 1.04. The van der Waals surface area contributed by atoms with E-state index in [9.17, 15) is 0 Å². The van der Waals surface area contributed by atoms with Crippen LogP contribution in [0, 0.1) is 0 Å². The van der Waals surface area contributed by atoms with E-state index in [-0.39, 0.29) is 0 Å². The fourth-order valence-electron chi connectivity index (χ4n) is 2.39. The highest BCUT2D eigenvalue weighted by molar-refractivity contribution is 5.42. The third-order valence-electron chi connectivity index (χ3n) is 3.15. The van der Waals surface area contributed by atoms with Crippen LogP contribution in [-0.2, 0) is 0 Å². The van der Waals surface area contributed by atoms with Gasteiger partial charge in [0.15, 0.2) is 0 Å². The van der Waals surface area contributed by atoms with Gasteiger partial charge in [0.05, 0.1) is 0 Å². The second-order valence-electron chi connectivity index (χ2n) is 3.98. The summed E-state index contributed by atoms with van der Waals surface area (Å²) in [5.74, 6) is 0. The Morgan fingerprint density at radius 1 is 1.15 bits per heavy atom. The largest absolute Gasteiger partial charge is 0.325 e. The van der Waals surface area contributed by atoms with Crippen molar-refractivity contribution in [2.75, 3.05) is 6.54 Å². The van der Waals surface area contributed by atoms with Gasteiger partial charge in [-0.25, -0.2) is 5.43 Å². The fraction of sp³-hybridized carbons (Fsp3) is 0.455. The van der Waals surface area contributed by atoms with Crippen LogP contribution in [0.15, 0.2) is 34.6 Å². The molecule has 0 spiro atoms. The van der Waals surface area contributed by atoms with E-state index in [0.717, 1.165) is 13.0 Å². The standard InChI is InChI=1S/C11H14N2/c1-2-4-9-6-11-10(7-12-13-11)5-8(9)3-1/h2,4,12-13H,1,3,5-7H2. The monoisotopic (exact) mass is 174 g/mol. The topological polar surface area (TPSA) is 24.1 Å². The van der Waals surface area contributed by atoms with Gasteiger partial charge in [-0.1, -0.05) is 17.7 Å². The zero-order valence-corrected chi connectivity index (χ0v) is 7.69. The van der Waals surface area contributed by atoms with Gasteiger partial charge in [0, 0.05) is 18.7 Å². The molecular formula is C11H14N2. The van der Waals surface area contributed by atoms with Crippen molar-refractivity contribution in [3.05, 3.63) is 34.6 Å². The van der Waals surface area contributed by atoms with E-state index in [1.807, 2.05) is 0 Å². The molecule has 3 aliphatic rings. The van der Waals surface area contributed by atoms with Crippen LogP contribution in [-0.4, -0.2) is 6.54 Å². The molecular weight excluding hydrogens is 160 g/mol. The van der Waals surface area contributed by atoms with Gasteiger partial charge >= 0.3 is 0 Å². The van der Waals surface area contributed by atoms with E-state index in [1.165, 1.54) is 25.0 Å². The molecule has 1 aliphatic heterocycles. The number of hydrogen-bond donors (Lipinski definition) is 2. The maximum atomic E-state index is 3.25. The molecule has 1 heterocycles. The lowest BCUT2D eigenvalue weighted by molar-refractivity contribution is 0.686. The molecule has 13 heavy (non-hydrogen) atoms. The molecule has 0 aromatic heterocycles. The zero-order chi connectivity index (χ0) is 8.67. The number of hydrogen-bond acceptors (Lipinski definition) is 2. The summed E-state index contributed by atoms with van der Waals surface area (Å²) in [4.78, 5) is 0. The lowest BCUT2D eigenvalue weighted by Crippen LogP contribution is -2.23. The number of rotatable bonds is 0. The highest BCUT2D eigenvalue weighted by Crippen LogP contribution is 2.35. The van der Waals surface area contributed by atoms with Crippen molar-refractivity contribution in [2.45, 2.75) is 25.7 Å². The molecule has 2 aliphatic carbocycles. The molecule has 0 saturated carbocycles. The average molecular weight is 174 g/mol. The predicted octanol–water partition coefficient (Wildman–Crippen LogP) is 1.79. The van der Waals surface area contributed by atoms with Gasteiger partial charge < -0.3 is 5.43 Å². The van der Waals surface area contributed by atoms with E-state index >= 15 is 0 Å². The van der Waals surface area contributed by atoms with E-state index in [1.54, 1.807) is 16.7 Å². The zero-order valence-electron chi connectivity index (χ0n) is 7.69. The Kier molecular flexibility index (Phi) is 1.56. The van der Waals surface area contributed by atoms with Crippen LogP contribution in [0.5, 0.6) is 0 Å². The second kappa shape index (κ2) is 2.74. The summed E-state index contributed by atoms with van der Waals surface area (Å²) in [6.07, 6.45) is 9.45. The molecule has 68 valence electrons. The first-order valence-electron chi connectivity index (χ1n) is 5.01. The van der Waals surface area contributed by atoms with Gasteiger partial charge in [-0.2, -0.15) is 0 Å². The quantitative estimate of drug-likeness (QED) is 0.585. The molecule has 3 rings (SSSR count). The molecule has 0 atom stereocenters. The van der Waals surface area contributed by atoms with Crippen molar-refractivity contribution in [1.82, 2.24) is 10.9 Å². The Labute approximate surface area is 78.4 Å². The summed E-state index contributed by atoms with van der Waals surface area (Å²) < 4.78 is 0. The molecule has 2 N–H and O–H groups in total. The van der Waals surface area contributed by atoms with Crippen molar-refractivity contribution in [1.29, 1.82) is 0 Å². The van der Waals surface area contributed by atoms with Gasteiger partial charge in [0.25, 0.3) is 0 Å². The van der Waals surface area contributed by atoms with Crippen molar-refractivity contribution < 1.29 is 0 Å². The molecule has 0 saturated heterocycles. The molecule has 0 fully saturated rings. The molecule has 2 nitrogen and oxygen atoms in total. The SMILES string of the molecule is C1=CC2=C(CC1)CC1=C(C2)NNC1. The summed E-state index contributed by atoms with van der Waals surface area (Å²) in [7, 11) is 0. The normalized spacial score (nSPS) is 25.8. The minimum atomic E-state index is 1.04. The first-order valence-corrected chi connectivity index (χ1v) is 5.01. The maximum Gasteiger partial charge on any atom is 0.0381 e. The average Bonchev–Trinajstić information content (AvgIpc) is 2.61. The van der Waals surface area contributed by atoms with Crippen LogP contribution in [0.3, 0.4) is 0 Å². The Bertz CT molecular complexity index is 334. The number of allylic oxidation sites excluding steroid dienone is 4. The van der Waals surface area contributed by atoms with Crippen LogP contribution in [0.2, 0.25) is 0 Å². The number of nitrogens with one attached hydrogen (secondary N) is 2. The summed E-state index contributed by atoms with van der Waals surface area (Å²) in [5.41, 5.74) is 12.7. The molecule has 0 amide bonds. The maximum absolute atomic E-state index is 3.25. The molecule has 2 heteroatoms. The van der Waals surface area contributed by atoms with E-state index < -0.39 is 0 Å². The third-order valence-corrected chi connectivity index (χ3v) is 3.15. The lowest BCUT2D eigenvalue weighted by atomic mass is 9.85. The fourth-order valence-corrected chi connectivity index (χ4v) is 2.39. The van der Waals surface area contributed by atoms with E-state index in [0.29, 0.717) is 0 Å². The van der Waals surface area contributed by atoms with E-state index in [2.05, 4.69) is 23.0 Å². The van der Waals surface area contributed by atoms with Gasteiger partial charge in [-0.3, -0.25) is 0 Å². The molecule has 0 radical (unpaired) electrons. The van der Waals surface area contributed by atoms with Crippen LogP contribution in [0.4, 0.5) is 0 Å². The summed E-state index contributed by atoms with van der Waals surface area (Å²) in [5, 5.41) is 0. The van der Waals surface area contributed by atoms with Crippen molar-refractivity contribution in [3.63, 3.8) is 0 Å². The van der Waals surface area contributed by atoms with Gasteiger partial charge in [-0.15, -0.1) is 0 Å². The highest BCUT2D eigenvalue weighted by atomic mass is 15.4. The number of hydrazine groups is 1. The third kappa shape index (κ3) is 1.13. The van der Waals surface area contributed by atoms with Crippen molar-refractivity contribution in [2.24, 2.45) is 0 Å². The summed E-state index contributed by atoms with van der Waals surface area (Å²) in [6, 6.07) is 0. The van der Waals surface area contributed by atoms with Gasteiger partial charge in [-0.05, 0) is 30.4 Å². The van der Waals surface area contributed by atoms with Crippen LogP contribution in [0.1, 0.15) is 25.7 Å². The Morgan fingerprint density at radius 2 is 2.15 bits per heavy atom. The predicted molar refractivity (Wildman–Crippen MR) is 52.8 cm³/mol. The van der Waals surface area contributed by atoms with Gasteiger partial charge in [0.1, 0.15) is 0 Å². The van der Waals surface area contributed by atoms with E-state index in [4.69, 9.17) is 0 Å². The smallest absolute Gasteiger partial charge is 0.0381 e. The van der Waals surface area contributed by atoms with Crippen LogP contribution in [0.25, 0.3) is 0 Å². The van der Waals surface area contributed by atoms with Crippen LogP contribution < -0.4 is 10.9 Å². The van der Waals surface area contributed by atoms with Crippen LogP contribution >= 0.6 is 0 Å². The molecule has 0 unspecified atom stereocenters. The first kappa shape index (κ1) is 7.39. The molecule has 0 aromatic carbocycles. The lowest BCUT2D eigenvalue weighted by Gasteiger charge is -2.22. The summed E-state index contributed by atoms with van der Waals surface area (Å²) >= 11 is 0. The Balaban J connectivity index is 1.91. The Morgan fingerprint density at radius 3 is 3.15 bits per heavy atom. The highest BCUT2D eigenvalue weighted by Gasteiger charge is 2.22. The van der Waals surface area contributed by atoms with Crippen molar-refractivity contribution >= 4 is 0 Å². The molecule has 0 aromatic rings. The molecule has 0 bridgehead atoms. The van der Waals surface area contributed by atoms with Crippen molar-refractivity contribution in [3.8, 4) is 0 Å². The van der Waals surface area contributed by atoms with Gasteiger partial charge in [0.2, 0.25) is 0 Å².